The van der Waals surface area contributed by atoms with Gasteiger partial charge in [0.15, 0.2) is 0 Å². The summed E-state index contributed by atoms with van der Waals surface area (Å²) in [4.78, 5) is 0. The van der Waals surface area contributed by atoms with Gasteiger partial charge in [0.1, 0.15) is 0 Å². The molecule has 1 aromatic rings. The number of hydrogen-bond donors (Lipinski definition) is 1. The Kier molecular flexibility index (Phi) is 7.55. The molecular weight excluding hydrogens is 250 g/mol. The van der Waals surface area contributed by atoms with Crippen LogP contribution >= 0.6 is 11.8 Å². The molecule has 0 saturated carbocycles. The largest absolute Gasteiger partial charge is 0.313 e. The van der Waals surface area contributed by atoms with Gasteiger partial charge in [-0.3, -0.25) is 0 Å². The molecule has 19 heavy (non-hydrogen) atoms. The third kappa shape index (κ3) is 6.49. The second kappa shape index (κ2) is 8.65. The van der Waals surface area contributed by atoms with E-state index in [0.29, 0.717) is 6.04 Å². The standard InChI is InChI=1S/C17H29NS/c1-6-18-17(12-19-11-13(2)3)10-16-9-14(4)7-8-15(16)5/h7-9,13,17-18H,6,10-12H2,1-5H3. The Labute approximate surface area is 123 Å². The quantitative estimate of drug-likeness (QED) is 0.765. The van der Waals surface area contributed by atoms with Crippen LogP contribution in [0.4, 0.5) is 0 Å². The summed E-state index contributed by atoms with van der Waals surface area (Å²) >= 11 is 2.08. The Hall–Kier alpha value is -0.470. The van der Waals surface area contributed by atoms with Gasteiger partial charge in [0.25, 0.3) is 0 Å². The molecule has 1 rings (SSSR count). The molecule has 0 amide bonds. The molecule has 0 bridgehead atoms. The predicted octanol–water partition coefficient (Wildman–Crippen LogP) is 4.21. The van der Waals surface area contributed by atoms with E-state index in [9.17, 15) is 0 Å². The Balaban J connectivity index is 2.58. The molecule has 0 aliphatic carbocycles. The number of benzene rings is 1. The number of aryl methyl sites for hydroxylation is 2. The van der Waals surface area contributed by atoms with Crippen molar-refractivity contribution in [2.75, 3.05) is 18.1 Å². The lowest BCUT2D eigenvalue weighted by atomic mass is 9.99. The highest BCUT2D eigenvalue weighted by Gasteiger charge is 2.10. The van der Waals surface area contributed by atoms with Crippen molar-refractivity contribution in [2.24, 2.45) is 5.92 Å². The molecule has 0 heterocycles. The molecule has 1 aromatic carbocycles. The fraction of sp³-hybridized carbons (Fsp3) is 0.647. The average Bonchev–Trinajstić information content (AvgIpc) is 2.33. The monoisotopic (exact) mass is 279 g/mol. The maximum Gasteiger partial charge on any atom is 0.0198 e. The van der Waals surface area contributed by atoms with E-state index in [4.69, 9.17) is 0 Å². The second-order valence-corrected chi connectivity index (χ2v) is 6.89. The van der Waals surface area contributed by atoms with Crippen molar-refractivity contribution in [2.45, 2.75) is 47.1 Å². The van der Waals surface area contributed by atoms with Gasteiger partial charge >= 0.3 is 0 Å². The van der Waals surface area contributed by atoms with Gasteiger partial charge in [-0.2, -0.15) is 11.8 Å². The number of rotatable bonds is 8. The van der Waals surface area contributed by atoms with E-state index in [-0.39, 0.29) is 0 Å². The van der Waals surface area contributed by atoms with Crippen LogP contribution < -0.4 is 5.32 Å². The second-order valence-electron chi connectivity index (χ2n) is 5.82. The van der Waals surface area contributed by atoms with E-state index in [1.165, 1.54) is 28.2 Å². The summed E-state index contributed by atoms with van der Waals surface area (Å²) in [5, 5.41) is 3.63. The smallest absolute Gasteiger partial charge is 0.0198 e. The lowest BCUT2D eigenvalue weighted by Gasteiger charge is -2.19. The van der Waals surface area contributed by atoms with Gasteiger partial charge in [-0.25, -0.2) is 0 Å². The van der Waals surface area contributed by atoms with Crippen LogP contribution in [0.2, 0.25) is 0 Å². The van der Waals surface area contributed by atoms with E-state index in [2.05, 4.69) is 69.9 Å². The molecule has 0 aliphatic rings. The Morgan fingerprint density at radius 1 is 1.16 bits per heavy atom. The van der Waals surface area contributed by atoms with Crippen LogP contribution in [0.25, 0.3) is 0 Å². The molecule has 0 radical (unpaired) electrons. The first-order chi connectivity index (χ1) is 9.02. The number of hydrogen-bond acceptors (Lipinski definition) is 2. The van der Waals surface area contributed by atoms with Gasteiger partial charge in [0.05, 0.1) is 0 Å². The summed E-state index contributed by atoms with van der Waals surface area (Å²) in [6.07, 6.45) is 1.15. The van der Waals surface area contributed by atoms with Crippen LogP contribution in [0.15, 0.2) is 18.2 Å². The van der Waals surface area contributed by atoms with E-state index in [1.807, 2.05) is 0 Å². The molecule has 0 fully saturated rings. The topological polar surface area (TPSA) is 12.0 Å². The van der Waals surface area contributed by atoms with Crippen LogP contribution in [0, 0.1) is 19.8 Å². The highest BCUT2D eigenvalue weighted by Crippen LogP contribution is 2.16. The Morgan fingerprint density at radius 3 is 2.53 bits per heavy atom. The zero-order chi connectivity index (χ0) is 14.3. The summed E-state index contributed by atoms with van der Waals surface area (Å²) in [6, 6.07) is 7.38. The third-order valence-corrected chi connectivity index (χ3v) is 4.77. The zero-order valence-corrected chi connectivity index (χ0v) is 13.9. The molecule has 1 unspecified atom stereocenters. The van der Waals surface area contributed by atoms with E-state index in [1.54, 1.807) is 0 Å². The Bertz CT molecular complexity index is 374. The molecule has 0 spiro atoms. The lowest BCUT2D eigenvalue weighted by molar-refractivity contribution is 0.570. The van der Waals surface area contributed by atoms with Gasteiger partial charge in [-0.15, -0.1) is 0 Å². The minimum Gasteiger partial charge on any atom is -0.313 e. The first-order valence-electron chi connectivity index (χ1n) is 7.40. The minimum atomic E-state index is 0.592. The van der Waals surface area contributed by atoms with Crippen LogP contribution in [-0.4, -0.2) is 24.1 Å². The van der Waals surface area contributed by atoms with Crippen LogP contribution in [0.3, 0.4) is 0 Å². The van der Waals surface area contributed by atoms with Gasteiger partial charge < -0.3 is 5.32 Å². The number of nitrogens with one attached hydrogen (secondary N) is 1. The highest BCUT2D eigenvalue weighted by atomic mass is 32.2. The van der Waals surface area contributed by atoms with E-state index in [0.717, 1.165) is 18.9 Å². The molecule has 108 valence electrons. The zero-order valence-electron chi connectivity index (χ0n) is 13.1. The molecule has 0 aromatic heterocycles. The summed E-state index contributed by atoms with van der Waals surface area (Å²) < 4.78 is 0. The minimum absolute atomic E-state index is 0.592. The van der Waals surface area contributed by atoms with E-state index < -0.39 is 0 Å². The molecule has 1 nitrogen and oxygen atoms in total. The van der Waals surface area contributed by atoms with E-state index >= 15 is 0 Å². The fourth-order valence-electron chi connectivity index (χ4n) is 2.21. The van der Waals surface area contributed by atoms with Gasteiger partial charge in [-0.05, 0) is 49.6 Å². The van der Waals surface area contributed by atoms with Crippen LogP contribution in [-0.2, 0) is 6.42 Å². The third-order valence-electron chi connectivity index (χ3n) is 3.23. The lowest BCUT2D eigenvalue weighted by Crippen LogP contribution is -2.33. The maximum atomic E-state index is 3.63. The number of likely N-dealkylation sites (N-methyl/N-ethyl adjacent to an activating group) is 1. The summed E-state index contributed by atoms with van der Waals surface area (Å²) in [7, 11) is 0. The SMILES string of the molecule is CCNC(CSCC(C)C)Cc1cc(C)ccc1C. The first kappa shape index (κ1) is 16.6. The summed E-state index contributed by atoms with van der Waals surface area (Å²) in [6.45, 7) is 12.2. The van der Waals surface area contributed by atoms with Crippen molar-refractivity contribution in [3.05, 3.63) is 34.9 Å². The van der Waals surface area contributed by atoms with Crippen molar-refractivity contribution in [1.29, 1.82) is 0 Å². The van der Waals surface area contributed by atoms with Crippen molar-refractivity contribution >= 4 is 11.8 Å². The average molecular weight is 279 g/mol. The number of thioether (sulfide) groups is 1. The molecular formula is C17H29NS. The normalized spacial score (nSPS) is 12.9. The van der Waals surface area contributed by atoms with Crippen molar-refractivity contribution in [3.63, 3.8) is 0 Å². The molecule has 0 saturated heterocycles. The fourth-order valence-corrected chi connectivity index (χ4v) is 3.34. The molecule has 2 heteroatoms. The van der Waals surface area contributed by atoms with Crippen LogP contribution in [0.1, 0.15) is 37.5 Å². The summed E-state index contributed by atoms with van der Waals surface area (Å²) in [5.74, 6) is 3.25. The van der Waals surface area contributed by atoms with Crippen molar-refractivity contribution in [1.82, 2.24) is 5.32 Å². The Morgan fingerprint density at radius 2 is 1.89 bits per heavy atom. The van der Waals surface area contributed by atoms with Gasteiger partial charge in [0.2, 0.25) is 0 Å². The van der Waals surface area contributed by atoms with Crippen molar-refractivity contribution < 1.29 is 0 Å². The summed E-state index contributed by atoms with van der Waals surface area (Å²) in [5.41, 5.74) is 4.28. The van der Waals surface area contributed by atoms with Gasteiger partial charge in [0, 0.05) is 11.8 Å². The van der Waals surface area contributed by atoms with Crippen molar-refractivity contribution in [3.8, 4) is 0 Å². The highest BCUT2D eigenvalue weighted by molar-refractivity contribution is 7.99. The van der Waals surface area contributed by atoms with Crippen LogP contribution in [0.5, 0.6) is 0 Å². The molecule has 0 aliphatic heterocycles. The van der Waals surface area contributed by atoms with Gasteiger partial charge in [-0.1, -0.05) is 44.5 Å². The maximum absolute atomic E-state index is 3.63. The molecule has 1 atom stereocenters. The molecule has 1 N–H and O–H groups in total. The first-order valence-corrected chi connectivity index (χ1v) is 8.55. The predicted molar refractivity (Wildman–Crippen MR) is 89.2 cm³/mol.